The van der Waals surface area contributed by atoms with Crippen molar-refractivity contribution in [3.63, 3.8) is 0 Å². The zero-order chi connectivity index (χ0) is 15.0. The zero-order valence-corrected chi connectivity index (χ0v) is 12.6. The van der Waals surface area contributed by atoms with Gasteiger partial charge in [-0.05, 0) is 23.3 Å². The van der Waals surface area contributed by atoms with Crippen LogP contribution in [0.4, 0.5) is 0 Å². The molecule has 0 bridgehead atoms. The predicted octanol–water partition coefficient (Wildman–Crippen LogP) is 2.02. The molecule has 0 spiro atoms. The Morgan fingerprint density at radius 3 is 2.52 bits per heavy atom. The van der Waals surface area contributed by atoms with Gasteiger partial charge in [-0.2, -0.15) is 0 Å². The number of rotatable bonds is 3. The van der Waals surface area contributed by atoms with Gasteiger partial charge in [0.25, 0.3) is 0 Å². The number of benzene rings is 2. The highest BCUT2D eigenvalue weighted by Crippen LogP contribution is 2.38. The summed E-state index contributed by atoms with van der Waals surface area (Å²) in [7, 11) is -3.17. The Hall–Kier alpha value is -1.85. The van der Waals surface area contributed by atoms with Gasteiger partial charge < -0.3 is 10.5 Å². The molecule has 1 aliphatic rings. The van der Waals surface area contributed by atoms with Gasteiger partial charge in [0.15, 0.2) is 9.84 Å². The molecular formula is C16H17NO3S. The zero-order valence-electron chi connectivity index (χ0n) is 11.7. The fourth-order valence-electron chi connectivity index (χ4n) is 2.58. The molecule has 0 fully saturated rings. The molecule has 3 rings (SSSR count). The van der Waals surface area contributed by atoms with Gasteiger partial charge in [-0.25, -0.2) is 8.42 Å². The molecule has 5 heteroatoms. The number of para-hydroxylation sites is 1. The molecule has 0 saturated carbocycles. The third-order valence-corrected chi connectivity index (χ3v) is 4.81. The minimum absolute atomic E-state index is 0.0245. The average molecular weight is 303 g/mol. The summed E-state index contributed by atoms with van der Waals surface area (Å²) in [6.07, 6.45) is 2.05. The van der Waals surface area contributed by atoms with E-state index in [2.05, 4.69) is 0 Å². The topological polar surface area (TPSA) is 69.4 Å². The maximum Gasteiger partial charge on any atom is 0.175 e. The van der Waals surface area contributed by atoms with Crippen LogP contribution in [0.1, 0.15) is 5.56 Å². The average Bonchev–Trinajstić information content (AvgIpc) is 2.89. The Labute approximate surface area is 124 Å². The smallest absolute Gasteiger partial charge is 0.175 e. The van der Waals surface area contributed by atoms with Crippen LogP contribution in [0.25, 0.3) is 11.1 Å². The summed E-state index contributed by atoms with van der Waals surface area (Å²) in [6.45, 7) is 0.487. The highest BCUT2D eigenvalue weighted by molar-refractivity contribution is 7.90. The lowest BCUT2D eigenvalue weighted by molar-refractivity contribution is 0.242. The lowest BCUT2D eigenvalue weighted by Gasteiger charge is -2.11. The van der Waals surface area contributed by atoms with Crippen molar-refractivity contribution in [1.82, 2.24) is 0 Å². The Morgan fingerprint density at radius 2 is 1.90 bits per heavy atom. The van der Waals surface area contributed by atoms with E-state index in [1.54, 1.807) is 12.1 Å². The van der Waals surface area contributed by atoms with Crippen LogP contribution in [0.5, 0.6) is 5.75 Å². The van der Waals surface area contributed by atoms with Gasteiger partial charge in [0.2, 0.25) is 0 Å². The number of ether oxygens (including phenoxy) is 1. The van der Waals surface area contributed by atoms with Crippen LogP contribution in [0, 0.1) is 0 Å². The quantitative estimate of drug-likeness (QED) is 0.942. The van der Waals surface area contributed by atoms with Crippen molar-refractivity contribution < 1.29 is 13.2 Å². The Kier molecular flexibility index (Phi) is 3.47. The van der Waals surface area contributed by atoms with Crippen molar-refractivity contribution in [1.29, 1.82) is 0 Å². The normalized spacial score (nSPS) is 17.3. The van der Waals surface area contributed by atoms with E-state index in [0.717, 1.165) is 28.9 Å². The van der Waals surface area contributed by atoms with Crippen LogP contribution < -0.4 is 10.5 Å². The lowest BCUT2D eigenvalue weighted by Crippen LogP contribution is -2.24. The van der Waals surface area contributed by atoms with E-state index in [0.29, 0.717) is 11.4 Å². The molecule has 4 nitrogen and oxygen atoms in total. The maximum absolute atomic E-state index is 11.5. The van der Waals surface area contributed by atoms with Gasteiger partial charge in [-0.3, -0.25) is 0 Å². The van der Waals surface area contributed by atoms with E-state index in [9.17, 15) is 8.42 Å². The number of hydrogen-bond donors (Lipinski definition) is 1. The fourth-order valence-corrected chi connectivity index (χ4v) is 3.21. The molecule has 1 aliphatic heterocycles. The number of nitrogens with two attached hydrogens (primary N) is 1. The van der Waals surface area contributed by atoms with Crippen LogP contribution in [0.15, 0.2) is 47.4 Å². The molecule has 1 atom stereocenters. The SMILES string of the molecule is CS(=O)(=O)c1ccc(-c2cccc3c2O[C@H](CN)C3)cc1. The van der Waals surface area contributed by atoms with E-state index < -0.39 is 9.84 Å². The second kappa shape index (κ2) is 5.16. The second-order valence-corrected chi connectivity index (χ2v) is 7.29. The van der Waals surface area contributed by atoms with Crippen molar-refractivity contribution in [3.8, 4) is 16.9 Å². The van der Waals surface area contributed by atoms with Gasteiger partial charge in [0.1, 0.15) is 11.9 Å². The van der Waals surface area contributed by atoms with Crippen molar-refractivity contribution in [3.05, 3.63) is 48.0 Å². The first-order chi connectivity index (χ1) is 9.99. The summed E-state index contributed by atoms with van der Waals surface area (Å²) in [5, 5.41) is 0. The van der Waals surface area contributed by atoms with Gasteiger partial charge in [-0.1, -0.05) is 30.3 Å². The van der Waals surface area contributed by atoms with E-state index in [1.807, 2.05) is 30.3 Å². The third kappa shape index (κ3) is 2.66. The highest BCUT2D eigenvalue weighted by Gasteiger charge is 2.24. The van der Waals surface area contributed by atoms with Gasteiger partial charge >= 0.3 is 0 Å². The second-order valence-electron chi connectivity index (χ2n) is 5.27. The van der Waals surface area contributed by atoms with Crippen molar-refractivity contribution in [2.24, 2.45) is 5.73 Å². The van der Waals surface area contributed by atoms with Crippen LogP contribution in [-0.4, -0.2) is 27.3 Å². The van der Waals surface area contributed by atoms with E-state index in [1.165, 1.54) is 6.26 Å². The molecule has 0 aliphatic carbocycles. The maximum atomic E-state index is 11.5. The van der Waals surface area contributed by atoms with Crippen molar-refractivity contribution >= 4 is 9.84 Å². The minimum atomic E-state index is -3.17. The van der Waals surface area contributed by atoms with E-state index >= 15 is 0 Å². The Morgan fingerprint density at radius 1 is 1.19 bits per heavy atom. The largest absolute Gasteiger partial charge is 0.488 e. The van der Waals surface area contributed by atoms with Crippen LogP contribution in [0.3, 0.4) is 0 Å². The standard InChI is InChI=1S/C16H17NO3S/c1-21(18,19)14-7-5-11(6-8-14)15-4-2-3-12-9-13(10-17)20-16(12)15/h2-8,13H,9-10,17H2,1H3/t13-/m0/s1. The molecule has 1 heterocycles. The molecule has 0 unspecified atom stereocenters. The minimum Gasteiger partial charge on any atom is -0.488 e. The lowest BCUT2D eigenvalue weighted by atomic mass is 10.0. The van der Waals surface area contributed by atoms with Gasteiger partial charge in [-0.15, -0.1) is 0 Å². The molecular weight excluding hydrogens is 286 g/mol. The van der Waals surface area contributed by atoms with E-state index in [-0.39, 0.29) is 6.10 Å². The summed E-state index contributed by atoms with van der Waals surface area (Å²) in [5.41, 5.74) is 8.74. The van der Waals surface area contributed by atoms with Gasteiger partial charge in [0.05, 0.1) is 4.90 Å². The van der Waals surface area contributed by atoms with Crippen LogP contribution in [-0.2, 0) is 16.3 Å². The summed E-state index contributed by atoms with van der Waals surface area (Å²) in [5.74, 6) is 0.861. The summed E-state index contributed by atoms with van der Waals surface area (Å²) >= 11 is 0. The summed E-state index contributed by atoms with van der Waals surface area (Å²) < 4.78 is 28.9. The molecule has 2 aromatic rings. The van der Waals surface area contributed by atoms with Crippen LogP contribution in [0.2, 0.25) is 0 Å². The van der Waals surface area contributed by atoms with E-state index in [4.69, 9.17) is 10.5 Å². The monoisotopic (exact) mass is 303 g/mol. The molecule has 110 valence electrons. The van der Waals surface area contributed by atoms with Crippen molar-refractivity contribution in [2.45, 2.75) is 17.4 Å². The molecule has 2 N–H and O–H groups in total. The first-order valence-electron chi connectivity index (χ1n) is 6.78. The van der Waals surface area contributed by atoms with Crippen molar-refractivity contribution in [2.75, 3.05) is 12.8 Å². The molecule has 0 radical (unpaired) electrons. The molecule has 21 heavy (non-hydrogen) atoms. The number of hydrogen-bond acceptors (Lipinski definition) is 4. The third-order valence-electron chi connectivity index (χ3n) is 3.69. The van der Waals surface area contributed by atoms with Gasteiger partial charge in [0, 0.05) is 24.8 Å². The number of fused-ring (bicyclic) bond motifs is 1. The predicted molar refractivity (Wildman–Crippen MR) is 82.2 cm³/mol. The Bertz CT molecular complexity index is 767. The molecule has 2 aromatic carbocycles. The van der Waals surface area contributed by atoms with Crippen LogP contribution >= 0.6 is 0 Å². The highest BCUT2D eigenvalue weighted by atomic mass is 32.2. The summed E-state index contributed by atoms with van der Waals surface area (Å²) in [4.78, 5) is 0.319. The number of sulfone groups is 1. The first kappa shape index (κ1) is 14.1. The first-order valence-corrected chi connectivity index (χ1v) is 8.67. The summed E-state index contributed by atoms with van der Waals surface area (Å²) in [6, 6.07) is 12.9. The Balaban J connectivity index is 2.01. The molecule has 0 saturated heterocycles. The molecule has 0 aromatic heterocycles. The fraction of sp³-hybridized carbons (Fsp3) is 0.250. The molecule has 0 amide bonds.